The molecule has 1 N–H and O–H groups in total. The van der Waals surface area contributed by atoms with Gasteiger partial charge >= 0.3 is 6.18 Å². The lowest BCUT2D eigenvalue weighted by molar-refractivity contribution is -0.137. The number of nitrogens with one attached hydrogen (secondary N) is 1. The van der Waals surface area contributed by atoms with Crippen molar-refractivity contribution in [2.24, 2.45) is 7.05 Å². The first kappa shape index (κ1) is 22.7. The molecule has 0 spiro atoms. The highest BCUT2D eigenvalue weighted by molar-refractivity contribution is 6.04. The number of aryl methyl sites for hydroxylation is 1. The molecule has 4 aromatic rings. The zero-order chi connectivity index (χ0) is 24.9. The Balaban J connectivity index is 1.52. The fourth-order valence-electron chi connectivity index (χ4n) is 4.87. The van der Waals surface area contributed by atoms with E-state index in [4.69, 9.17) is 0 Å². The monoisotopic (exact) mass is 477 g/mol. The van der Waals surface area contributed by atoms with Gasteiger partial charge in [0.15, 0.2) is 0 Å². The molecule has 8 heteroatoms. The number of carbonyl (C=O) groups is 2. The minimum atomic E-state index is -4.52. The summed E-state index contributed by atoms with van der Waals surface area (Å²) in [6, 6.07) is 19.0. The summed E-state index contributed by atoms with van der Waals surface area (Å²) in [4.78, 5) is 27.9. The number of fused-ring (bicyclic) bond motifs is 2. The van der Waals surface area contributed by atoms with Crippen LogP contribution in [0.25, 0.3) is 10.9 Å². The first-order valence-electron chi connectivity index (χ1n) is 11.1. The Morgan fingerprint density at radius 1 is 1.00 bits per heavy atom. The van der Waals surface area contributed by atoms with Crippen LogP contribution < -0.4 is 5.32 Å². The predicted molar refractivity (Wildman–Crippen MR) is 127 cm³/mol. The van der Waals surface area contributed by atoms with E-state index >= 15 is 0 Å². The van der Waals surface area contributed by atoms with Crippen LogP contribution in [0.4, 0.5) is 18.9 Å². The number of hydrogen-bond donors (Lipinski definition) is 1. The molecule has 2 heterocycles. The molecule has 1 atom stereocenters. The Hall–Kier alpha value is -4.07. The first-order valence-corrected chi connectivity index (χ1v) is 11.1. The summed E-state index contributed by atoms with van der Waals surface area (Å²) in [5, 5.41) is 3.50. The van der Waals surface area contributed by atoms with Gasteiger partial charge in [-0.05, 0) is 42.8 Å². The number of nitrogens with zero attached hydrogens (tertiary/aromatic N) is 2. The van der Waals surface area contributed by atoms with Gasteiger partial charge in [-0.25, -0.2) is 0 Å². The average molecular weight is 477 g/mol. The number of rotatable bonds is 4. The summed E-state index contributed by atoms with van der Waals surface area (Å²) < 4.78 is 41.3. The molecule has 1 aliphatic heterocycles. The minimum absolute atomic E-state index is 0.0203. The normalized spacial score (nSPS) is 15.5. The summed E-state index contributed by atoms with van der Waals surface area (Å²) in [6.07, 6.45) is -4.52. The molecule has 3 aromatic carbocycles. The van der Waals surface area contributed by atoms with Crippen LogP contribution in [-0.4, -0.2) is 27.8 Å². The van der Waals surface area contributed by atoms with Gasteiger partial charge in [0.25, 0.3) is 5.91 Å². The second-order valence-corrected chi connectivity index (χ2v) is 8.62. The highest BCUT2D eigenvalue weighted by Crippen LogP contribution is 2.43. The topological polar surface area (TPSA) is 54.3 Å². The molecule has 0 fully saturated rings. The number of amides is 2. The average Bonchev–Trinajstić information content (AvgIpc) is 3.24. The van der Waals surface area contributed by atoms with E-state index in [1.54, 1.807) is 12.1 Å². The Kier molecular flexibility index (Phi) is 5.39. The molecule has 0 aliphatic carbocycles. The minimum Gasteiger partial charge on any atom is -0.348 e. The van der Waals surface area contributed by atoms with Crippen LogP contribution in [0.15, 0.2) is 72.8 Å². The van der Waals surface area contributed by atoms with E-state index in [1.165, 1.54) is 17.0 Å². The maximum Gasteiger partial charge on any atom is 0.416 e. The number of carbonyl (C=O) groups excluding carboxylic acids is 2. The number of para-hydroxylation sites is 1. The summed E-state index contributed by atoms with van der Waals surface area (Å²) >= 11 is 0. The van der Waals surface area contributed by atoms with E-state index in [-0.39, 0.29) is 18.1 Å². The third-order valence-electron chi connectivity index (χ3n) is 6.57. The summed E-state index contributed by atoms with van der Waals surface area (Å²) in [5.74, 6) is -0.870. The Morgan fingerprint density at radius 3 is 2.49 bits per heavy atom. The van der Waals surface area contributed by atoms with Crippen LogP contribution in [0, 0.1) is 6.92 Å². The van der Waals surface area contributed by atoms with Crippen molar-refractivity contribution in [3.8, 4) is 0 Å². The second kappa shape index (κ2) is 8.30. The second-order valence-electron chi connectivity index (χ2n) is 8.62. The van der Waals surface area contributed by atoms with Gasteiger partial charge in [0, 0.05) is 40.5 Å². The molecule has 1 unspecified atom stereocenters. The van der Waals surface area contributed by atoms with Gasteiger partial charge in [0.1, 0.15) is 6.54 Å². The standard InChI is InChI=1S/C27H22F3N3O2/c1-16-24(21-12-5-6-13-22(21)32(16)2)25-19-10-3-4-11-20(19)26(35)33(25)15-23(34)31-18-9-7-8-17(14-18)27(28,29)30/h3-14,25H,15H2,1-2H3,(H,31,34). The van der Waals surface area contributed by atoms with E-state index < -0.39 is 23.7 Å². The number of anilines is 1. The molecular weight excluding hydrogens is 455 g/mol. The fourth-order valence-corrected chi connectivity index (χ4v) is 4.87. The third-order valence-corrected chi connectivity index (χ3v) is 6.57. The van der Waals surface area contributed by atoms with Crippen LogP contribution in [0.2, 0.25) is 0 Å². The van der Waals surface area contributed by atoms with Crippen LogP contribution >= 0.6 is 0 Å². The maximum atomic E-state index is 13.4. The predicted octanol–water partition coefficient (Wildman–Crippen LogP) is 5.69. The van der Waals surface area contributed by atoms with Gasteiger partial charge < -0.3 is 14.8 Å². The van der Waals surface area contributed by atoms with Crippen molar-refractivity contribution in [1.82, 2.24) is 9.47 Å². The van der Waals surface area contributed by atoms with E-state index in [0.29, 0.717) is 5.56 Å². The van der Waals surface area contributed by atoms with Crippen molar-refractivity contribution in [3.05, 3.63) is 101 Å². The molecular formula is C27H22F3N3O2. The number of hydrogen-bond acceptors (Lipinski definition) is 2. The van der Waals surface area contributed by atoms with Gasteiger partial charge in [-0.2, -0.15) is 13.2 Å². The van der Waals surface area contributed by atoms with Gasteiger partial charge in [-0.3, -0.25) is 9.59 Å². The van der Waals surface area contributed by atoms with Crippen LogP contribution in [-0.2, 0) is 18.0 Å². The number of alkyl halides is 3. The Labute approximate surface area is 199 Å². The number of benzene rings is 3. The summed E-state index contributed by atoms with van der Waals surface area (Å²) in [5.41, 5.74) is 3.36. The maximum absolute atomic E-state index is 13.4. The Bertz CT molecular complexity index is 1470. The lowest BCUT2D eigenvalue weighted by atomic mass is 9.95. The molecule has 178 valence electrons. The molecule has 1 aliphatic rings. The van der Waals surface area contributed by atoms with Crippen molar-refractivity contribution >= 4 is 28.4 Å². The van der Waals surface area contributed by atoms with E-state index in [9.17, 15) is 22.8 Å². The van der Waals surface area contributed by atoms with E-state index in [2.05, 4.69) is 9.88 Å². The van der Waals surface area contributed by atoms with Crippen molar-refractivity contribution < 1.29 is 22.8 Å². The molecule has 0 radical (unpaired) electrons. The fraction of sp³-hybridized carbons (Fsp3) is 0.185. The molecule has 35 heavy (non-hydrogen) atoms. The molecule has 0 saturated heterocycles. The molecule has 2 amide bonds. The summed E-state index contributed by atoms with van der Waals surface area (Å²) in [7, 11) is 1.95. The largest absolute Gasteiger partial charge is 0.416 e. The van der Waals surface area contributed by atoms with E-state index in [1.807, 2.05) is 50.4 Å². The summed E-state index contributed by atoms with van der Waals surface area (Å²) in [6.45, 7) is 1.67. The van der Waals surface area contributed by atoms with Gasteiger partial charge in [-0.15, -0.1) is 0 Å². The Morgan fingerprint density at radius 2 is 1.71 bits per heavy atom. The lowest BCUT2D eigenvalue weighted by Crippen LogP contribution is -2.36. The highest BCUT2D eigenvalue weighted by Gasteiger charge is 2.40. The first-order chi connectivity index (χ1) is 16.7. The van der Waals surface area contributed by atoms with Crippen molar-refractivity contribution in [2.75, 3.05) is 11.9 Å². The van der Waals surface area contributed by atoms with Gasteiger partial charge in [0.2, 0.25) is 5.91 Å². The number of aromatic nitrogens is 1. The van der Waals surface area contributed by atoms with E-state index in [0.717, 1.165) is 39.9 Å². The zero-order valence-electron chi connectivity index (χ0n) is 19.1. The van der Waals surface area contributed by atoms with Crippen molar-refractivity contribution in [3.63, 3.8) is 0 Å². The molecule has 0 bridgehead atoms. The smallest absolute Gasteiger partial charge is 0.348 e. The van der Waals surface area contributed by atoms with Gasteiger partial charge in [-0.1, -0.05) is 42.5 Å². The van der Waals surface area contributed by atoms with Crippen LogP contribution in [0.3, 0.4) is 0 Å². The molecule has 5 rings (SSSR count). The molecule has 5 nitrogen and oxygen atoms in total. The van der Waals surface area contributed by atoms with Crippen molar-refractivity contribution in [2.45, 2.75) is 19.1 Å². The van der Waals surface area contributed by atoms with Crippen LogP contribution in [0.1, 0.15) is 38.8 Å². The lowest BCUT2D eigenvalue weighted by Gasteiger charge is -2.26. The number of halogens is 3. The molecule has 1 aromatic heterocycles. The highest BCUT2D eigenvalue weighted by atomic mass is 19.4. The van der Waals surface area contributed by atoms with Crippen molar-refractivity contribution in [1.29, 1.82) is 0 Å². The zero-order valence-corrected chi connectivity index (χ0v) is 19.1. The third kappa shape index (κ3) is 3.84. The molecule has 0 saturated carbocycles. The van der Waals surface area contributed by atoms with Gasteiger partial charge in [0.05, 0.1) is 11.6 Å². The van der Waals surface area contributed by atoms with Crippen LogP contribution in [0.5, 0.6) is 0 Å². The SMILES string of the molecule is Cc1c(C2c3ccccc3C(=O)N2CC(=O)Nc2cccc(C(F)(F)F)c2)c2ccccc2n1C. The quantitative estimate of drug-likeness (QED) is 0.411.